The van der Waals surface area contributed by atoms with Gasteiger partial charge >= 0.3 is 0 Å². The molecular formula is C18H22N2O. The third kappa shape index (κ3) is 4.31. The van der Waals surface area contributed by atoms with E-state index in [2.05, 4.69) is 22.8 Å². The second-order valence-electron chi connectivity index (χ2n) is 5.46. The minimum Gasteiger partial charge on any atom is -0.457 e. The molecule has 0 aliphatic carbocycles. The second-order valence-corrected chi connectivity index (χ2v) is 5.46. The first-order chi connectivity index (χ1) is 10.4. The molecule has 0 unspecified atom stereocenters. The van der Waals surface area contributed by atoms with E-state index in [1.54, 1.807) is 0 Å². The maximum Gasteiger partial charge on any atom is 0.127 e. The fourth-order valence-electron chi connectivity index (χ4n) is 2.59. The Bertz CT molecular complexity index is 533. The zero-order valence-corrected chi connectivity index (χ0v) is 12.2. The second kappa shape index (κ2) is 7.25. The molecule has 0 amide bonds. The van der Waals surface area contributed by atoms with E-state index in [-0.39, 0.29) is 0 Å². The van der Waals surface area contributed by atoms with E-state index in [4.69, 9.17) is 4.74 Å². The fourth-order valence-corrected chi connectivity index (χ4v) is 2.59. The number of piperidine rings is 1. The molecule has 3 heteroatoms. The smallest absolute Gasteiger partial charge is 0.127 e. The first-order valence-electron chi connectivity index (χ1n) is 7.66. The van der Waals surface area contributed by atoms with Gasteiger partial charge in [-0.2, -0.15) is 0 Å². The van der Waals surface area contributed by atoms with Gasteiger partial charge in [0.05, 0.1) is 0 Å². The van der Waals surface area contributed by atoms with Crippen LogP contribution in [0.4, 0.5) is 0 Å². The van der Waals surface area contributed by atoms with Crippen LogP contribution < -0.4 is 15.4 Å². The molecule has 1 heterocycles. The van der Waals surface area contributed by atoms with Crippen molar-refractivity contribution in [3.63, 3.8) is 0 Å². The maximum atomic E-state index is 5.80. The number of hydrogen-bond acceptors (Lipinski definition) is 3. The number of benzene rings is 2. The van der Waals surface area contributed by atoms with Gasteiger partial charge in [-0.25, -0.2) is 0 Å². The van der Waals surface area contributed by atoms with Gasteiger partial charge in [0.25, 0.3) is 0 Å². The molecule has 3 rings (SSSR count). The standard InChI is InChI=1S/C18H22N2O/c1-2-4-17(5-3-1)21-18-8-6-15(7-9-18)14-20-16-10-12-19-13-11-16/h1-9,16,19-20H,10-14H2. The van der Waals surface area contributed by atoms with Crippen molar-refractivity contribution in [3.05, 3.63) is 60.2 Å². The number of para-hydroxylation sites is 1. The van der Waals surface area contributed by atoms with E-state index in [1.807, 2.05) is 42.5 Å². The average Bonchev–Trinajstić information content (AvgIpc) is 2.56. The third-order valence-corrected chi connectivity index (χ3v) is 3.84. The van der Waals surface area contributed by atoms with Crippen LogP contribution in [0.25, 0.3) is 0 Å². The van der Waals surface area contributed by atoms with Crippen LogP contribution in [-0.2, 0) is 6.54 Å². The van der Waals surface area contributed by atoms with Crippen molar-refractivity contribution in [1.82, 2.24) is 10.6 Å². The monoisotopic (exact) mass is 282 g/mol. The van der Waals surface area contributed by atoms with Crippen LogP contribution in [0.1, 0.15) is 18.4 Å². The van der Waals surface area contributed by atoms with Crippen molar-refractivity contribution >= 4 is 0 Å². The Balaban J connectivity index is 1.51. The number of ether oxygens (including phenoxy) is 1. The largest absolute Gasteiger partial charge is 0.457 e. The van der Waals surface area contributed by atoms with Crippen molar-refractivity contribution < 1.29 is 4.74 Å². The minimum atomic E-state index is 0.645. The zero-order valence-electron chi connectivity index (χ0n) is 12.2. The van der Waals surface area contributed by atoms with Crippen LogP contribution in [0.3, 0.4) is 0 Å². The SMILES string of the molecule is c1ccc(Oc2ccc(CNC3CCNCC3)cc2)cc1. The third-order valence-electron chi connectivity index (χ3n) is 3.84. The molecule has 0 bridgehead atoms. The molecule has 3 nitrogen and oxygen atoms in total. The molecule has 21 heavy (non-hydrogen) atoms. The summed E-state index contributed by atoms with van der Waals surface area (Å²) in [5, 5.41) is 7.01. The highest BCUT2D eigenvalue weighted by molar-refractivity contribution is 5.32. The number of rotatable bonds is 5. The van der Waals surface area contributed by atoms with Gasteiger partial charge in [0.2, 0.25) is 0 Å². The Morgan fingerprint density at radius 3 is 2.29 bits per heavy atom. The lowest BCUT2D eigenvalue weighted by atomic mass is 10.1. The molecule has 1 aliphatic heterocycles. The summed E-state index contributed by atoms with van der Waals surface area (Å²) in [5.41, 5.74) is 1.30. The van der Waals surface area contributed by atoms with Gasteiger partial charge in [-0.15, -0.1) is 0 Å². The van der Waals surface area contributed by atoms with Gasteiger partial charge in [0.15, 0.2) is 0 Å². The lowest BCUT2D eigenvalue weighted by Gasteiger charge is -2.23. The van der Waals surface area contributed by atoms with E-state index < -0.39 is 0 Å². The zero-order chi connectivity index (χ0) is 14.3. The van der Waals surface area contributed by atoms with Crippen LogP contribution in [0.5, 0.6) is 11.5 Å². The van der Waals surface area contributed by atoms with Crippen molar-refractivity contribution in [3.8, 4) is 11.5 Å². The van der Waals surface area contributed by atoms with Crippen molar-refractivity contribution in [1.29, 1.82) is 0 Å². The van der Waals surface area contributed by atoms with E-state index in [0.717, 1.165) is 31.1 Å². The topological polar surface area (TPSA) is 33.3 Å². The highest BCUT2D eigenvalue weighted by Crippen LogP contribution is 2.21. The van der Waals surface area contributed by atoms with E-state index in [0.29, 0.717) is 6.04 Å². The summed E-state index contributed by atoms with van der Waals surface area (Å²) in [4.78, 5) is 0. The summed E-state index contributed by atoms with van der Waals surface area (Å²) in [6.45, 7) is 3.18. The van der Waals surface area contributed by atoms with Crippen molar-refractivity contribution in [2.45, 2.75) is 25.4 Å². The predicted molar refractivity (Wildman–Crippen MR) is 85.7 cm³/mol. The maximum absolute atomic E-state index is 5.80. The molecule has 2 aromatic carbocycles. The van der Waals surface area contributed by atoms with Gasteiger partial charge in [0.1, 0.15) is 11.5 Å². The molecule has 2 N–H and O–H groups in total. The first kappa shape index (κ1) is 14.1. The molecule has 0 radical (unpaired) electrons. The molecule has 0 atom stereocenters. The van der Waals surface area contributed by atoms with Gasteiger partial charge in [0, 0.05) is 12.6 Å². The predicted octanol–water partition coefficient (Wildman–Crippen LogP) is 3.32. The number of nitrogens with one attached hydrogen (secondary N) is 2. The minimum absolute atomic E-state index is 0.645. The average molecular weight is 282 g/mol. The van der Waals surface area contributed by atoms with E-state index in [1.165, 1.54) is 18.4 Å². The Hall–Kier alpha value is -1.84. The Labute approximate surface area is 126 Å². The van der Waals surface area contributed by atoms with Crippen LogP contribution in [0.15, 0.2) is 54.6 Å². The summed E-state index contributed by atoms with van der Waals surface area (Å²) in [6.07, 6.45) is 2.43. The van der Waals surface area contributed by atoms with Crippen LogP contribution >= 0.6 is 0 Å². The molecule has 1 fully saturated rings. The van der Waals surface area contributed by atoms with Gasteiger partial charge in [-0.1, -0.05) is 30.3 Å². The Morgan fingerprint density at radius 1 is 0.905 bits per heavy atom. The summed E-state index contributed by atoms with van der Waals surface area (Å²) in [5.74, 6) is 1.75. The van der Waals surface area contributed by atoms with E-state index in [9.17, 15) is 0 Å². The molecule has 1 saturated heterocycles. The van der Waals surface area contributed by atoms with Gasteiger partial charge in [-0.05, 0) is 55.8 Å². The highest BCUT2D eigenvalue weighted by atomic mass is 16.5. The quantitative estimate of drug-likeness (QED) is 0.882. The summed E-state index contributed by atoms with van der Waals surface area (Å²) in [6, 6.07) is 18.9. The summed E-state index contributed by atoms with van der Waals surface area (Å²) < 4.78 is 5.80. The highest BCUT2D eigenvalue weighted by Gasteiger charge is 2.11. The number of hydrogen-bond donors (Lipinski definition) is 2. The molecule has 0 saturated carbocycles. The molecule has 110 valence electrons. The van der Waals surface area contributed by atoms with Gasteiger partial charge < -0.3 is 15.4 Å². The summed E-state index contributed by atoms with van der Waals surface area (Å²) in [7, 11) is 0. The first-order valence-corrected chi connectivity index (χ1v) is 7.66. The molecule has 0 aromatic heterocycles. The van der Waals surface area contributed by atoms with E-state index >= 15 is 0 Å². The molecule has 1 aliphatic rings. The van der Waals surface area contributed by atoms with Crippen LogP contribution in [0.2, 0.25) is 0 Å². The molecule has 0 spiro atoms. The van der Waals surface area contributed by atoms with Crippen molar-refractivity contribution in [2.24, 2.45) is 0 Å². The Kier molecular flexibility index (Phi) is 4.87. The molecular weight excluding hydrogens is 260 g/mol. The van der Waals surface area contributed by atoms with Gasteiger partial charge in [-0.3, -0.25) is 0 Å². The molecule has 2 aromatic rings. The summed E-state index contributed by atoms with van der Waals surface area (Å²) >= 11 is 0. The van der Waals surface area contributed by atoms with Crippen molar-refractivity contribution in [2.75, 3.05) is 13.1 Å². The van der Waals surface area contributed by atoms with Crippen LogP contribution in [-0.4, -0.2) is 19.1 Å². The normalized spacial score (nSPS) is 15.8. The lowest BCUT2D eigenvalue weighted by molar-refractivity contribution is 0.386. The lowest BCUT2D eigenvalue weighted by Crippen LogP contribution is -2.39. The Morgan fingerprint density at radius 2 is 1.57 bits per heavy atom. The fraction of sp³-hybridized carbons (Fsp3) is 0.333. The van der Waals surface area contributed by atoms with Crippen LogP contribution in [0, 0.1) is 0 Å².